The van der Waals surface area contributed by atoms with Gasteiger partial charge in [-0.25, -0.2) is 0 Å². The van der Waals surface area contributed by atoms with Gasteiger partial charge in [0.1, 0.15) is 0 Å². The number of rotatable bonds is 4. The summed E-state index contributed by atoms with van der Waals surface area (Å²) in [6.45, 7) is 4.59. The summed E-state index contributed by atoms with van der Waals surface area (Å²) in [5, 5.41) is 1.42. The number of aryl methyl sites for hydroxylation is 2. The molecule has 1 heterocycles. The first-order valence-electron chi connectivity index (χ1n) is 6.21. The maximum Gasteiger partial charge on any atom is 0.0480 e. The molecule has 86 valence electrons. The fourth-order valence-corrected chi connectivity index (χ4v) is 2.33. The molecule has 1 aromatic carbocycles. The standard InChI is InChI=1S/C15H21N/c1-12(2)7-6-8-13-11-16(3)15-10-5-4-9-14(13)15/h4-5,9-12H,6-8H2,1-3H3. The van der Waals surface area contributed by atoms with Gasteiger partial charge in [0.15, 0.2) is 0 Å². The second-order valence-corrected chi connectivity index (χ2v) is 5.07. The third-order valence-electron chi connectivity index (χ3n) is 3.21. The first-order chi connectivity index (χ1) is 7.68. The van der Waals surface area contributed by atoms with Crippen molar-refractivity contribution in [1.29, 1.82) is 0 Å². The number of hydrogen-bond donors (Lipinski definition) is 0. The van der Waals surface area contributed by atoms with Crippen molar-refractivity contribution < 1.29 is 0 Å². The van der Waals surface area contributed by atoms with Gasteiger partial charge in [0.05, 0.1) is 0 Å². The average Bonchev–Trinajstić information content (AvgIpc) is 2.57. The maximum absolute atomic E-state index is 2.29. The molecule has 0 atom stereocenters. The lowest BCUT2D eigenvalue weighted by Gasteiger charge is -2.03. The molecule has 0 aliphatic heterocycles. The van der Waals surface area contributed by atoms with Crippen molar-refractivity contribution in [3.8, 4) is 0 Å². The zero-order valence-corrected chi connectivity index (χ0v) is 10.5. The van der Waals surface area contributed by atoms with Crippen LogP contribution in [0.4, 0.5) is 0 Å². The van der Waals surface area contributed by atoms with Gasteiger partial charge in [-0.1, -0.05) is 38.5 Å². The third-order valence-corrected chi connectivity index (χ3v) is 3.21. The lowest BCUT2D eigenvalue weighted by molar-refractivity contribution is 0.556. The van der Waals surface area contributed by atoms with E-state index in [1.54, 1.807) is 0 Å². The molecule has 1 aromatic heterocycles. The normalized spacial score (nSPS) is 11.5. The molecule has 0 saturated heterocycles. The highest BCUT2D eigenvalue weighted by Gasteiger charge is 2.05. The average molecular weight is 215 g/mol. The van der Waals surface area contributed by atoms with Crippen LogP contribution in [0.5, 0.6) is 0 Å². The molecular formula is C15H21N. The van der Waals surface area contributed by atoms with Crippen LogP contribution >= 0.6 is 0 Å². The molecule has 1 heteroatoms. The van der Waals surface area contributed by atoms with E-state index in [1.807, 2.05) is 0 Å². The van der Waals surface area contributed by atoms with Crippen molar-refractivity contribution in [1.82, 2.24) is 4.57 Å². The summed E-state index contributed by atoms with van der Waals surface area (Å²) in [4.78, 5) is 0. The van der Waals surface area contributed by atoms with Crippen LogP contribution in [0.3, 0.4) is 0 Å². The van der Waals surface area contributed by atoms with E-state index in [1.165, 1.54) is 35.7 Å². The van der Waals surface area contributed by atoms with Crippen LogP contribution in [0.2, 0.25) is 0 Å². The molecule has 1 nitrogen and oxygen atoms in total. The Hall–Kier alpha value is -1.24. The van der Waals surface area contributed by atoms with Crippen LogP contribution < -0.4 is 0 Å². The highest BCUT2D eigenvalue weighted by atomic mass is 14.9. The van der Waals surface area contributed by atoms with Crippen LogP contribution in [0.15, 0.2) is 30.5 Å². The lowest BCUT2D eigenvalue weighted by Crippen LogP contribution is -1.90. The summed E-state index contributed by atoms with van der Waals surface area (Å²) in [7, 11) is 2.13. The van der Waals surface area contributed by atoms with Crippen molar-refractivity contribution in [3.63, 3.8) is 0 Å². The summed E-state index contributed by atoms with van der Waals surface area (Å²) in [5.74, 6) is 0.815. The highest BCUT2D eigenvalue weighted by Crippen LogP contribution is 2.22. The number of aromatic nitrogens is 1. The molecule has 0 amide bonds. The van der Waals surface area contributed by atoms with Crippen LogP contribution in [0.25, 0.3) is 10.9 Å². The van der Waals surface area contributed by atoms with Gasteiger partial charge in [-0.2, -0.15) is 0 Å². The Balaban J connectivity index is 2.18. The molecule has 0 saturated carbocycles. The van der Waals surface area contributed by atoms with Crippen LogP contribution in [-0.4, -0.2) is 4.57 Å². The quantitative estimate of drug-likeness (QED) is 0.721. The summed E-state index contributed by atoms with van der Waals surface area (Å²) >= 11 is 0. The van der Waals surface area contributed by atoms with Gasteiger partial charge in [-0.05, 0) is 30.4 Å². The van der Waals surface area contributed by atoms with Gasteiger partial charge < -0.3 is 4.57 Å². The third kappa shape index (κ3) is 2.29. The summed E-state index contributed by atoms with van der Waals surface area (Å²) in [6.07, 6.45) is 6.11. The second kappa shape index (κ2) is 4.73. The molecule has 0 unspecified atom stereocenters. The largest absolute Gasteiger partial charge is 0.350 e. The number of para-hydroxylation sites is 1. The van der Waals surface area contributed by atoms with E-state index in [-0.39, 0.29) is 0 Å². The van der Waals surface area contributed by atoms with Gasteiger partial charge in [0, 0.05) is 24.1 Å². The first kappa shape index (κ1) is 11.3. The van der Waals surface area contributed by atoms with Gasteiger partial charge in [0.25, 0.3) is 0 Å². The predicted molar refractivity (Wildman–Crippen MR) is 70.7 cm³/mol. The molecule has 0 bridgehead atoms. The van der Waals surface area contributed by atoms with Gasteiger partial charge in [-0.15, -0.1) is 0 Å². The van der Waals surface area contributed by atoms with Crippen molar-refractivity contribution in [2.45, 2.75) is 33.1 Å². The number of hydrogen-bond acceptors (Lipinski definition) is 0. The van der Waals surface area contributed by atoms with Crippen LogP contribution in [-0.2, 0) is 13.5 Å². The van der Waals surface area contributed by atoms with Gasteiger partial charge in [-0.3, -0.25) is 0 Å². The van der Waals surface area contributed by atoms with E-state index in [0.717, 1.165) is 5.92 Å². The fraction of sp³-hybridized carbons (Fsp3) is 0.467. The van der Waals surface area contributed by atoms with Gasteiger partial charge >= 0.3 is 0 Å². The smallest absolute Gasteiger partial charge is 0.0480 e. The molecule has 2 rings (SSSR count). The highest BCUT2D eigenvalue weighted by molar-refractivity contribution is 5.83. The number of fused-ring (bicyclic) bond motifs is 1. The SMILES string of the molecule is CC(C)CCCc1cn(C)c2ccccc12. The number of nitrogens with zero attached hydrogens (tertiary/aromatic N) is 1. The Morgan fingerprint density at radius 2 is 1.94 bits per heavy atom. The van der Waals surface area contributed by atoms with E-state index in [9.17, 15) is 0 Å². The van der Waals surface area contributed by atoms with Crippen molar-refractivity contribution in [2.24, 2.45) is 13.0 Å². The summed E-state index contributed by atoms with van der Waals surface area (Å²) in [6, 6.07) is 8.68. The van der Waals surface area contributed by atoms with Gasteiger partial charge in [0.2, 0.25) is 0 Å². The Kier molecular flexibility index (Phi) is 3.33. The second-order valence-electron chi connectivity index (χ2n) is 5.07. The summed E-state index contributed by atoms with van der Waals surface area (Å²) in [5.41, 5.74) is 2.85. The van der Waals surface area contributed by atoms with E-state index < -0.39 is 0 Å². The first-order valence-corrected chi connectivity index (χ1v) is 6.21. The number of benzene rings is 1. The molecule has 0 spiro atoms. The van der Waals surface area contributed by atoms with E-state index >= 15 is 0 Å². The minimum Gasteiger partial charge on any atom is -0.350 e. The molecule has 2 aromatic rings. The molecule has 0 aliphatic carbocycles. The fourth-order valence-electron chi connectivity index (χ4n) is 2.33. The van der Waals surface area contributed by atoms with Crippen molar-refractivity contribution in [3.05, 3.63) is 36.0 Å². The molecular weight excluding hydrogens is 194 g/mol. The summed E-state index contributed by atoms with van der Waals surface area (Å²) < 4.78 is 2.24. The Morgan fingerprint density at radius 1 is 1.19 bits per heavy atom. The van der Waals surface area contributed by atoms with Crippen molar-refractivity contribution >= 4 is 10.9 Å². The van der Waals surface area contributed by atoms with E-state index in [4.69, 9.17) is 0 Å². The molecule has 0 fully saturated rings. The topological polar surface area (TPSA) is 4.93 Å². The monoisotopic (exact) mass is 215 g/mol. The maximum atomic E-state index is 2.29. The Bertz CT molecular complexity index is 465. The molecule has 0 radical (unpaired) electrons. The Labute approximate surface area is 98.1 Å². The Morgan fingerprint density at radius 3 is 2.69 bits per heavy atom. The molecule has 0 aliphatic rings. The zero-order valence-electron chi connectivity index (χ0n) is 10.5. The van der Waals surface area contributed by atoms with E-state index in [0.29, 0.717) is 0 Å². The molecule has 16 heavy (non-hydrogen) atoms. The minimum absolute atomic E-state index is 0.815. The van der Waals surface area contributed by atoms with E-state index in [2.05, 4.69) is 55.9 Å². The lowest BCUT2D eigenvalue weighted by atomic mass is 10.0. The van der Waals surface area contributed by atoms with Crippen LogP contribution in [0, 0.1) is 5.92 Å². The predicted octanol–water partition coefficient (Wildman–Crippen LogP) is 4.16. The van der Waals surface area contributed by atoms with Crippen LogP contribution in [0.1, 0.15) is 32.3 Å². The van der Waals surface area contributed by atoms with Crippen molar-refractivity contribution in [2.75, 3.05) is 0 Å². The minimum atomic E-state index is 0.815. The zero-order chi connectivity index (χ0) is 11.5. The molecule has 0 N–H and O–H groups in total.